The second kappa shape index (κ2) is 12.0. The fraction of sp³-hybridized carbons (Fsp3) is 0.378. The van der Waals surface area contributed by atoms with Gasteiger partial charge in [-0.25, -0.2) is 0 Å². The summed E-state index contributed by atoms with van der Waals surface area (Å²) in [4.78, 5) is 0. The van der Waals surface area contributed by atoms with Gasteiger partial charge in [0.1, 0.15) is 0 Å². The Morgan fingerprint density at radius 2 is 1.38 bits per heavy atom. The minimum Gasteiger partial charge on any atom is -1.00 e. The van der Waals surface area contributed by atoms with Crippen LogP contribution in [0.25, 0.3) is 11.1 Å². The maximum absolute atomic E-state index is 2.65. The normalized spacial score (nSPS) is 16.5. The molecule has 2 aliphatic rings. The van der Waals surface area contributed by atoms with Crippen molar-refractivity contribution in [1.29, 1.82) is 0 Å². The van der Waals surface area contributed by atoms with Crippen LogP contribution in [0.15, 0.2) is 81.2 Å². The largest absolute Gasteiger partial charge is 1.00 e. The molecule has 0 N–H and O–H groups in total. The van der Waals surface area contributed by atoms with E-state index in [4.69, 9.17) is 0 Å². The monoisotopic (exact) mass is 648 g/mol. The van der Waals surface area contributed by atoms with Crippen LogP contribution in [0.2, 0.25) is 0 Å². The minimum absolute atomic E-state index is 0. The van der Waals surface area contributed by atoms with Crippen molar-refractivity contribution in [3.05, 3.63) is 109 Å². The van der Waals surface area contributed by atoms with Crippen LogP contribution in [-0.2, 0) is 38.5 Å². The second-order valence-corrected chi connectivity index (χ2v) is 20.0. The first-order valence-electron chi connectivity index (χ1n) is 14.2. The van der Waals surface area contributed by atoms with Crippen LogP contribution in [-0.4, -0.2) is 3.21 Å². The van der Waals surface area contributed by atoms with E-state index < -0.39 is 21.3 Å². The Balaban J connectivity index is 0.00000220. The number of hydrogen-bond donors (Lipinski definition) is 0. The molecule has 5 rings (SSSR count). The van der Waals surface area contributed by atoms with Crippen molar-refractivity contribution in [3.63, 3.8) is 0 Å². The molecule has 210 valence electrons. The minimum atomic E-state index is -2.51. The zero-order chi connectivity index (χ0) is 27.6. The predicted molar refractivity (Wildman–Crippen MR) is 164 cm³/mol. The van der Waals surface area contributed by atoms with Crippen molar-refractivity contribution in [2.24, 2.45) is 5.92 Å². The van der Waals surface area contributed by atoms with E-state index in [2.05, 4.69) is 136 Å². The van der Waals surface area contributed by atoms with Gasteiger partial charge in [0.2, 0.25) is 0 Å². The van der Waals surface area contributed by atoms with Gasteiger partial charge in [0, 0.05) is 0 Å². The summed E-state index contributed by atoms with van der Waals surface area (Å²) in [7, 11) is 0. The second-order valence-electron chi connectivity index (χ2n) is 13.6. The summed E-state index contributed by atoms with van der Waals surface area (Å²) in [6, 6.07) is 23.7. The van der Waals surface area contributed by atoms with Crippen LogP contribution >= 0.6 is 0 Å². The standard InChI is InChI=1S/C21H25.C8H11.C8H8.2ClH.Zr/c1-20(2,3)16-9-7-14-11-15-8-10-17(21(4,5)6)13-19(15)18(14)12-16;1-6-4-7(2)8(3)5-6;1-2-8-6-4-3-5-7-8;;;/h7,9-10,12-13H,11H2,1-6H3;4,6H,1-3H3;3-7H,1H3;2*1H;/q;;;;;+2/p-2. The van der Waals surface area contributed by atoms with Crippen LogP contribution in [0.3, 0.4) is 0 Å². The topological polar surface area (TPSA) is 0 Å². The predicted octanol–water partition coefficient (Wildman–Crippen LogP) is 3.21. The summed E-state index contributed by atoms with van der Waals surface area (Å²) in [6.45, 7) is 23.7. The number of hydrogen-bond acceptors (Lipinski definition) is 0. The zero-order valence-electron chi connectivity index (χ0n) is 25.9. The molecule has 0 spiro atoms. The van der Waals surface area contributed by atoms with Crippen molar-refractivity contribution in [1.82, 2.24) is 0 Å². The van der Waals surface area contributed by atoms with Gasteiger partial charge in [0.25, 0.3) is 0 Å². The fourth-order valence-electron chi connectivity index (χ4n) is 6.33. The summed E-state index contributed by atoms with van der Waals surface area (Å²) in [5.41, 5.74) is 13.7. The molecule has 0 nitrogen and oxygen atoms in total. The van der Waals surface area contributed by atoms with E-state index in [0.717, 1.165) is 6.42 Å². The van der Waals surface area contributed by atoms with E-state index in [1.807, 2.05) is 0 Å². The third-order valence-electron chi connectivity index (χ3n) is 8.82. The third kappa shape index (κ3) is 6.00. The third-order valence-corrected chi connectivity index (χ3v) is 17.2. The van der Waals surface area contributed by atoms with Crippen LogP contribution in [0, 0.1) is 5.92 Å². The molecular formula is C37H44Cl2Zr. The van der Waals surface area contributed by atoms with Gasteiger partial charge in [-0.1, -0.05) is 0 Å². The van der Waals surface area contributed by atoms with Crippen LogP contribution < -0.4 is 28.1 Å². The molecular weight excluding hydrogens is 607 g/mol. The van der Waals surface area contributed by atoms with E-state index in [1.54, 1.807) is 20.9 Å². The maximum Gasteiger partial charge on any atom is -1.00 e. The van der Waals surface area contributed by atoms with Gasteiger partial charge in [-0.2, -0.15) is 0 Å². The molecule has 0 aliphatic heterocycles. The first-order valence-corrected chi connectivity index (χ1v) is 17.9. The zero-order valence-corrected chi connectivity index (χ0v) is 29.9. The fourth-order valence-corrected chi connectivity index (χ4v) is 14.9. The number of allylic oxidation sites excluding steroid dienone is 4. The van der Waals surface area contributed by atoms with E-state index in [-0.39, 0.29) is 35.6 Å². The quantitative estimate of drug-likeness (QED) is 0.320. The molecule has 0 bridgehead atoms. The Bertz CT molecular complexity index is 1520. The van der Waals surface area contributed by atoms with Crippen LogP contribution in [0.5, 0.6) is 0 Å². The Kier molecular flexibility index (Phi) is 9.89. The van der Waals surface area contributed by atoms with Gasteiger partial charge in [-0.05, 0) is 0 Å². The van der Waals surface area contributed by atoms with E-state index in [1.165, 1.54) is 39.0 Å². The summed E-state index contributed by atoms with van der Waals surface area (Å²) in [5.74, 6) is 0.522. The molecule has 0 radical (unpaired) electrons. The summed E-state index contributed by atoms with van der Waals surface area (Å²) in [5, 5.41) is 0. The maximum atomic E-state index is 2.65. The van der Waals surface area contributed by atoms with Gasteiger partial charge in [-0.15, -0.1) is 0 Å². The average molecular weight is 651 g/mol. The van der Waals surface area contributed by atoms with Crippen molar-refractivity contribution >= 4 is 6.48 Å². The number of fused-ring (bicyclic) bond motifs is 3. The van der Waals surface area contributed by atoms with Crippen molar-refractivity contribution < 1.29 is 46.1 Å². The molecule has 3 aromatic rings. The summed E-state index contributed by atoms with van der Waals surface area (Å²) < 4.78 is 5.12. The molecule has 3 aromatic carbocycles. The smallest absolute Gasteiger partial charge is 1.00 e. The van der Waals surface area contributed by atoms with Crippen molar-refractivity contribution in [2.75, 3.05) is 0 Å². The molecule has 40 heavy (non-hydrogen) atoms. The Labute approximate surface area is 263 Å². The Morgan fingerprint density at radius 3 is 1.93 bits per heavy atom. The molecule has 0 heterocycles. The molecule has 0 saturated carbocycles. The summed E-state index contributed by atoms with van der Waals surface area (Å²) >= 11 is -2.51. The molecule has 0 amide bonds. The Hall–Kier alpha value is -1.53. The molecule has 1 atom stereocenters. The average Bonchev–Trinajstić information content (AvgIpc) is 3.34. The van der Waals surface area contributed by atoms with Gasteiger partial charge < -0.3 is 24.8 Å². The number of halogens is 2. The molecule has 2 aliphatic carbocycles. The van der Waals surface area contributed by atoms with Gasteiger partial charge in [0.15, 0.2) is 0 Å². The summed E-state index contributed by atoms with van der Waals surface area (Å²) in [6.07, 6.45) is 3.58. The Morgan fingerprint density at radius 1 is 0.775 bits per heavy atom. The molecule has 3 heteroatoms. The van der Waals surface area contributed by atoms with Crippen molar-refractivity contribution in [2.45, 2.75) is 86.5 Å². The van der Waals surface area contributed by atoms with Crippen LogP contribution in [0.4, 0.5) is 0 Å². The number of benzene rings is 3. The molecule has 0 saturated heterocycles. The van der Waals surface area contributed by atoms with Gasteiger partial charge >= 0.3 is 240 Å². The van der Waals surface area contributed by atoms with Gasteiger partial charge in [-0.3, -0.25) is 0 Å². The van der Waals surface area contributed by atoms with E-state index in [9.17, 15) is 0 Å². The van der Waals surface area contributed by atoms with E-state index in [0.29, 0.717) is 5.92 Å². The molecule has 1 unspecified atom stereocenters. The van der Waals surface area contributed by atoms with Crippen molar-refractivity contribution in [3.8, 4) is 11.1 Å². The molecule has 0 aromatic heterocycles. The molecule has 0 fully saturated rings. The SMILES string of the molecule is CC1=CC(C)[C](/[Zr+2](=[C](\C)c2ccccc2)[c]2cc(C(C)(C)C)cc3c2Cc2ccc(C(C)(C)C)cc2-3)=C1C.[Cl-].[Cl-]. The van der Waals surface area contributed by atoms with Gasteiger partial charge in [0.05, 0.1) is 0 Å². The van der Waals surface area contributed by atoms with E-state index >= 15 is 0 Å². The first kappa shape index (κ1) is 33.0. The first-order chi connectivity index (χ1) is 17.8. The number of rotatable bonds is 3. The van der Waals surface area contributed by atoms with Crippen LogP contribution in [0.1, 0.15) is 97.1 Å².